The molecule has 0 aromatic carbocycles. The molecule has 0 amide bonds. The molecule has 0 atom stereocenters. The largest absolute Gasteiger partial charge is 0.378 e. The third-order valence-corrected chi connectivity index (χ3v) is 4.88. The topological polar surface area (TPSA) is 50.3 Å². The van der Waals surface area contributed by atoms with E-state index >= 15 is 0 Å². The highest BCUT2D eigenvalue weighted by Gasteiger charge is 2.21. The molecule has 0 bridgehead atoms. The molecule has 5 nitrogen and oxygen atoms in total. The molecule has 1 aromatic heterocycles. The van der Waals surface area contributed by atoms with Crippen molar-refractivity contribution in [1.29, 1.82) is 0 Å². The second-order valence-corrected chi connectivity index (χ2v) is 6.51. The van der Waals surface area contributed by atoms with Crippen LogP contribution in [0.3, 0.4) is 0 Å². The lowest BCUT2D eigenvalue weighted by Crippen LogP contribution is -2.36. The molecule has 3 rings (SSSR count). The van der Waals surface area contributed by atoms with Crippen molar-refractivity contribution in [3.8, 4) is 0 Å². The maximum Gasteiger partial charge on any atom is 0.134 e. The summed E-state index contributed by atoms with van der Waals surface area (Å²) in [5, 5.41) is 3.61. The quantitative estimate of drug-likeness (QED) is 0.906. The number of anilines is 2. The van der Waals surface area contributed by atoms with Crippen molar-refractivity contribution < 1.29 is 4.74 Å². The average molecular weight is 304 g/mol. The number of hydrogen-bond donors (Lipinski definition) is 1. The van der Waals surface area contributed by atoms with Crippen molar-refractivity contribution in [3.63, 3.8) is 0 Å². The van der Waals surface area contributed by atoms with Gasteiger partial charge in [0.2, 0.25) is 0 Å². The van der Waals surface area contributed by atoms with Gasteiger partial charge in [-0.05, 0) is 31.6 Å². The summed E-state index contributed by atoms with van der Waals surface area (Å²) in [6.07, 6.45) is 9.62. The molecule has 2 aliphatic rings. The Morgan fingerprint density at radius 3 is 2.68 bits per heavy atom. The first-order valence-corrected chi connectivity index (χ1v) is 8.76. The smallest absolute Gasteiger partial charge is 0.134 e. The zero-order valence-corrected chi connectivity index (χ0v) is 13.6. The Hall–Kier alpha value is -1.36. The number of rotatable bonds is 5. The van der Waals surface area contributed by atoms with Crippen LogP contribution in [0.1, 0.15) is 45.4 Å². The summed E-state index contributed by atoms with van der Waals surface area (Å²) in [7, 11) is 0. The van der Waals surface area contributed by atoms with Crippen LogP contribution in [0.5, 0.6) is 0 Å². The second-order valence-electron chi connectivity index (χ2n) is 6.51. The van der Waals surface area contributed by atoms with Gasteiger partial charge in [-0.2, -0.15) is 0 Å². The van der Waals surface area contributed by atoms with Gasteiger partial charge in [-0.25, -0.2) is 9.97 Å². The number of nitrogens with zero attached hydrogens (tertiary/aromatic N) is 3. The molecule has 1 aliphatic heterocycles. The Balaban J connectivity index is 1.54. The summed E-state index contributed by atoms with van der Waals surface area (Å²) in [5.41, 5.74) is 0. The first-order valence-electron chi connectivity index (χ1n) is 8.76. The molecule has 1 saturated carbocycles. The number of ether oxygens (including phenoxy) is 1. The van der Waals surface area contributed by atoms with E-state index in [-0.39, 0.29) is 0 Å². The maximum absolute atomic E-state index is 5.40. The van der Waals surface area contributed by atoms with E-state index in [1.807, 2.05) is 0 Å². The van der Waals surface area contributed by atoms with Crippen LogP contribution in [-0.4, -0.2) is 42.3 Å². The Morgan fingerprint density at radius 1 is 1.18 bits per heavy atom. The minimum atomic E-state index is 0.570. The van der Waals surface area contributed by atoms with Gasteiger partial charge >= 0.3 is 0 Å². The van der Waals surface area contributed by atoms with Gasteiger partial charge in [0.15, 0.2) is 0 Å². The van der Waals surface area contributed by atoms with Crippen LogP contribution in [0.4, 0.5) is 11.6 Å². The number of morpholine rings is 1. The van der Waals surface area contributed by atoms with Crippen LogP contribution < -0.4 is 10.2 Å². The lowest BCUT2D eigenvalue weighted by molar-refractivity contribution is 0.122. The van der Waals surface area contributed by atoms with Gasteiger partial charge in [0, 0.05) is 25.2 Å². The fourth-order valence-electron chi connectivity index (χ4n) is 3.60. The molecule has 2 fully saturated rings. The Kier molecular flexibility index (Phi) is 5.48. The molecule has 22 heavy (non-hydrogen) atoms. The average Bonchev–Trinajstić information content (AvgIpc) is 2.58. The lowest BCUT2D eigenvalue weighted by atomic mass is 9.83. The normalized spacial score (nSPS) is 26.0. The minimum absolute atomic E-state index is 0.570. The highest BCUT2D eigenvalue weighted by atomic mass is 16.5. The molecule has 1 aliphatic carbocycles. The van der Waals surface area contributed by atoms with E-state index in [4.69, 9.17) is 4.74 Å². The van der Waals surface area contributed by atoms with Gasteiger partial charge in [-0.1, -0.05) is 19.8 Å². The van der Waals surface area contributed by atoms with E-state index < -0.39 is 0 Å². The van der Waals surface area contributed by atoms with Crippen molar-refractivity contribution in [1.82, 2.24) is 9.97 Å². The van der Waals surface area contributed by atoms with E-state index in [1.165, 1.54) is 38.5 Å². The van der Waals surface area contributed by atoms with E-state index in [9.17, 15) is 0 Å². The van der Waals surface area contributed by atoms with Crippen LogP contribution in [0.15, 0.2) is 12.4 Å². The van der Waals surface area contributed by atoms with E-state index in [0.29, 0.717) is 6.04 Å². The van der Waals surface area contributed by atoms with Gasteiger partial charge in [0.05, 0.1) is 13.2 Å². The molecule has 5 heteroatoms. The number of hydrogen-bond acceptors (Lipinski definition) is 5. The molecule has 0 spiro atoms. The fraction of sp³-hybridized carbons (Fsp3) is 0.765. The monoisotopic (exact) mass is 304 g/mol. The summed E-state index contributed by atoms with van der Waals surface area (Å²) in [6, 6.07) is 2.66. The van der Waals surface area contributed by atoms with Gasteiger partial charge in [0.25, 0.3) is 0 Å². The molecular formula is C17H28N4O. The summed E-state index contributed by atoms with van der Waals surface area (Å²) in [4.78, 5) is 11.1. The minimum Gasteiger partial charge on any atom is -0.378 e. The van der Waals surface area contributed by atoms with E-state index in [2.05, 4.69) is 33.2 Å². The zero-order valence-electron chi connectivity index (χ0n) is 13.6. The maximum atomic E-state index is 5.40. The Labute approximate surface area is 133 Å². The molecule has 1 aromatic rings. The second kappa shape index (κ2) is 7.77. The van der Waals surface area contributed by atoms with Crippen molar-refractivity contribution in [2.45, 2.75) is 51.5 Å². The summed E-state index contributed by atoms with van der Waals surface area (Å²) < 4.78 is 5.40. The van der Waals surface area contributed by atoms with Crippen molar-refractivity contribution in [3.05, 3.63) is 12.4 Å². The molecule has 1 saturated heterocycles. The highest BCUT2D eigenvalue weighted by molar-refractivity contribution is 5.49. The molecule has 2 heterocycles. The summed E-state index contributed by atoms with van der Waals surface area (Å²) in [5.74, 6) is 2.92. The predicted molar refractivity (Wildman–Crippen MR) is 89.3 cm³/mol. The van der Waals surface area contributed by atoms with Crippen molar-refractivity contribution >= 4 is 11.6 Å². The van der Waals surface area contributed by atoms with Gasteiger partial charge < -0.3 is 15.0 Å². The molecule has 122 valence electrons. The highest BCUT2D eigenvalue weighted by Crippen LogP contribution is 2.29. The third kappa shape index (κ3) is 4.09. The zero-order chi connectivity index (χ0) is 15.2. The van der Waals surface area contributed by atoms with Gasteiger partial charge in [-0.3, -0.25) is 0 Å². The molecule has 0 unspecified atom stereocenters. The Bertz CT molecular complexity index is 454. The molecule has 0 radical (unpaired) electrons. The van der Waals surface area contributed by atoms with Crippen molar-refractivity contribution in [2.75, 3.05) is 36.5 Å². The van der Waals surface area contributed by atoms with Crippen LogP contribution in [0.25, 0.3) is 0 Å². The van der Waals surface area contributed by atoms with Gasteiger partial charge in [-0.15, -0.1) is 0 Å². The SMILES string of the molecule is CCCC1CCC(Nc2cc(N3CCOCC3)ncn2)CC1. The number of nitrogens with one attached hydrogen (secondary N) is 1. The van der Waals surface area contributed by atoms with Crippen LogP contribution in [0, 0.1) is 5.92 Å². The Morgan fingerprint density at radius 2 is 1.95 bits per heavy atom. The van der Waals surface area contributed by atoms with Crippen LogP contribution in [0.2, 0.25) is 0 Å². The first kappa shape index (κ1) is 15.5. The van der Waals surface area contributed by atoms with E-state index in [0.717, 1.165) is 43.9 Å². The summed E-state index contributed by atoms with van der Waals surface area (Å²) in [6.45, 7) is 5.69. The molecule has 1 N–H and O–H groups in total. The van der Waals surface area contributed by atoms with Crippen LogP contribution >= 0.6 is 0 Å². The van der Waals surface area contributed by atoms with Crippen molar-refractivity contribution in [2.24, 2.45) is 5.92 Å². The van der Waals surface area contributed by atoms with Crippen LogP contribution in [-0.2, 0) is 4.74 Å². The lowest BCUT2D eigenvalue weighted by Gasteiger charge is -2.30. The van der Waals surface area contributed by atoms with E-state index in [1.54, 1.807) is 6.33 Å². The summed E-state index contributed by atoms with van der Waals surface area (Å²) >= 11 is 0. The predicted octanol–water partition coefficient (Wildman–Crippen LogP) is 3.08. The third-order valence-electron chi connectivity index (χ3n) is 4.88. The first-order chi connectivity index (χ1) is 10.8. The standard InChI is InChI=1S/C17H28N4O/c1-2-3-14-4-6-15(7-5-14)20-16-12-17(19-13-18-16)21-8-10-22-11-9-21/h12-15H,2-11H2,1H3,(H,18,19,20). The number of aromatic nitrogens is 2. The molecular weight excluding hydrogens is 276 g/mol. The fourth-order valence-corrected chi connectivity index (χ4v) is 3.60. The van der Waals surface area contributed by atoms with Gasteiger partial charge in [0.1, 0.15) is 18.0 Å².